The Hall–Kier alpha value is -0.530. The SMILES string of the molecule is CCC(CC)(OC(=O)C(C)C(C)(C)C)C1CCCCC1. The van der Waals surface area contributed by atoms with Gasteiger partial charge in [-0.25, -0.2) is 0 Å². The van der Waals surface area contributed by atoms with E-state index in [-0.39, 0.29) is 22.9 Å². The Balaban J connectivity index is 2.82. The highest BCUT2D eigenvalue weighted by molar-refractivity contribution is 5.73. The zero-order valence-corrected chi connectivity index (χ0v) is 14.4. The smallest absolute Gasteiger partial charge is 0.309 e. The van der Waals surface area contributed by atoms with Gasteiger partial charge in [0.25, 0.3) is 0 Å². The first kappa shape index (κ1) is 17.5. The second kappa shape index (κ2) is 6.95. The molecule has 0 heterocycles. The van der Waals surface area contributed by atoms with Crippen molar-refractivity contribution in [3.8, 4) is 0 Å². The van der Waals surface area contributed by atoms with E-state index in [4.69, 9.17) is 4.74 Å². The summed E-state index contributed by atoms with van der Waals surface area (Å²) in [6.07, 6.45) is 8.25. The lowest BCUT2D eigenvalue weighted by atomic mass is 9.73. The summed E-state index contributed by atoms with van der Waals surface area (Å²) >= 11 is 0. The summed E-state index contributed by atoms with van der Waals surface area (Å²) in [4.78, 5) is 12.5. The van der Waals surface area contributed by atoms with Gasteiger partial charge in [-0.1, -0.05) is 60.8 Å². The maximum absolute atomic E-state index is 12.5. The van der Waals surface area contributed by atoms with Gasteiger partial charge in [0.15, 0.2) is 0 Å². The lowest BCUT2D eigenvalue weighted by Gasteiger charge is -2.42. The molecule has 0 N–H and O–H groups in total. The molecule has 0 radical (unpaired) electrons. The third kappa shape index (κ3) is 3.99. The van der Waals surface area contributed by atoms with Crippen molar-refractivity contribution in [1.29, 1.82) is 0 Å². The van der Waals surface area contributed by atoms with Crippen LogP contribution in [0.5, 0.6) is 0 Å². The molecular weight excluding hydrogens is 248 g/mol. The third-order valence-corrected chi connectivity index (χ3v) is 5.50. The van der Waals surface area contributed by atoms with Gasteiger partial charge in [0.1, 0.15) is 5.60 Å². The van der Waals surface area contributed by atoms with Crippen LogP contribution < -0.4 is 0 Å². The van der Waals surface area contributed by atoms with Gasteiger partial charge in [-0.3, -0.25) is 4.79 Å². The van der Waals surface area contributed by atoms with Crippen LogP contribution in [-0.2, 0) is 9.53 Å². The predicted molar refractivity (Wildman–Crippen MR) is 84.6 cm³/mol. The van der Waals surface area contributed by atoms with Crippen LogP contribution in [0.1, 0.15) is 86.5 Å². The number of hydrogen-bond donors (Lipinski definition) is 0. The van der Waals surface area contributed by atoms with Crippen molar-refractivity contribution in [3.05, 3.63) is 0 Å². The van der Waals surface area contributed by atoms with E-state index >= 15 is 0 Å². The van der Waals surface area contributed by atoms with Gasteiger partial charge in [0.2, 0.25) is 0 Å². The number of rotatable bonds is 5. The first-order chi connectivity index (χ1) is 9.27. The lowest BCUT2D eigenvalue weighted by Crippen LogP contribution is -2.45. The van der Waals surface area contributed by atoms with Crippen LogP contribution in [-0.4, -0.2) is 11.6 Å². The minimum atomic E-state index is -0.225. The maximum atomic E-state index is 12.5. The van der Waals surface area contributed by atoms with E-state index < -0.39 is 0 Å². The van der Waals surface area contributed by atoms with Gasteiger partial charge in [0.05, 0.1) is 5.92 Å². The van der Waals surface area contributed by atoms with Crippen LogP contribution in [0.15, 0.2) is 0 Å². The molecule has 0 saturated heterocycles. The summed E-state index contributed by atoms with van der Waals surface area (Å²) in [6, 6.07) is 0. The summed E-state index contributed by atoms with van der Waals surface area (Å²) in [6.45, 7) is 12.7. The van der Waals surface area contributed by atoms with E-state index in [0.29, 0.717) is 5.92 Å². The average Bonchev–Trinajstić information content (AvgIpc) is 2.43. The first-order valence-electron chi connectivity index (χ1n) is 8.49. The molecule has 2 heteroatoms. The summed E-state index contributed by atoms with van der Waals surface area (Å²) in [5.41, 5.74) is -0.256. The molecule has 1 saturated carbocycles. The van der Waals surface area contributed by atoms with Crippen LogP contribution in [0.4, 0.5) is 0 Å². The maximum Gasteiger partial charge on any atom is 0.309 e. The van der Waals surface area contributed by atoms with Crippen molar-refractivity contribution in [1.82, 2.24) is 0 Å². The number of ether oxygens (including phenoxy) is 1. The molecule has 1 aliphatic rings. The molecule has 2 nitrogen and oxygen atoms in total. The van der Waals surface area contributed by atoms with E-state index in [1.54, 1.807) is 0 Å². The van der Waals surface area contributed by atoms with E-state index in [2.05, 4.69) is 34.6 Å². The number of esters is 1. The van der Waals surface area contributed by atoms with Crippen LogP contribution in [0.2, 0.25) is 0 Å². The second-order valence-electron chi connectivity index (χ2n) is 7.62. The normalized spacial score (nSPS) is 19.7. The summed E-state index contributed by atoms with van der Waals surface area (Å²) in [5.74, 6) is 0.498. The van der Waals surface area contributed by atoms with Crippen molar-refractivity contribution in [2.75, 3.05) is 0 Å². The van der Waals surface area contributed by atoms with Gasteiger partial charge < -0.3 is 4.74 Å². The Bertz CT molecular complexity index is 304. The standard InChI is InChI=1S/C18H34O2/c1-7-18(8-2,15-12-10-9-11-13-15)20-16(19)14(3)17(4,5)6/h14-15H,7-13H2,1-6H3. The van der Waals surface area contributed by atoms with Gasteiger partial charge in [-0.05, 0) is 37.0 Å². The van der Waals surface area contributed by atoms with E-state index in [1.807, 2.05) is 6.92 Å². The number of carbonyl (C=O) groups is 1. The Morgan fingerprint density at radius 2 is 1.60 bits per heavy atom. The Labute approximate surface area is 125 Å². The van der Waals surface area contributed by atoms with Crippen molar-refractivity contribution in [2.45, 2.75) is 92.1 Å². The molecule has 0 spiro atoms. The number of carbonyl (C=O) groups excluding carboxylic acids is 1. The van der Waals surface area contributed by atoms with Crippen molar-refractivity contribution < 1.29 is 9.53 Å². The van der Waals surface area contributed by atoms with E-state index in [9.17, 15) is 4.79 Å². The minimum Gasteiger partial charge on any atom is -0.459 e. The first-order valence-corrected chi connectivity index (χ1v) is 8.49. The molecule has 0 aromatic rings. The minimum absolute atomic E-state index is 0.00762. The van der Waals surface area contributed by atoms with Crippen molar-refractivity contribution >= 4 is 5.97 Å². The van der Waals surface area contributed by atoms with E-state index in [0.717, 1.165) is 12.8 Å². The molecule has 1 aliphatic carbocycles. The van der Waals surface area contributed by atoms with Gasteiger partial charge in [-0.15, -0.1) is 0 Å². The van der Waals surface area contributed by atoms with Gasteiger partial charge >= 0.3 is 5.97 Å². The van der Waals surface area contributed by atoms with Crippen LogP contribution in [0.25, 0.3) is 0 Å². The average molecular weight is 282 g/mol. The van der Waals surface area contributed by atoms with Crippen LogP contribution in [0, 0.1) is 17.3 Å². The summed E-state index contributed by atoms with van der Waals surface area (Å²) in [5, 5.41) is 0. The highest BCUT2D eigenvalue weighted by Gasteiger charge is 2.41. The highest BCUT2D eigenvalue weighted by atomic mass is 16.6. The van der Waals surface area contributed by atoms with Crippen LogP contribution in [0.3, 0.4) is 0 Å². The Morgan fingerprint density at radius 3 is 2.00 bits per heavy atom. The van der Waals surface area contributed by atoms with Gasteiger partial charge in [0, 0.05) is 0 Å². The molecule has 0 aromatic heterocycles. The quantitative estimate of drug-likeness (QED) is 0.635. The highest BCUT2D eigenvalue weighted by Crippen LogP contribution is 2.41. The molecule has 118 valence electrons. The molecule has 1 unspecified atom stereocenters. The lowest BCUT2D eigenvalue weighted by molar-refractivity contribution is -0.177. The predicted octanol–water partition coefficient (Wildman–Crippen LogP) is 5.35. The summed E-state index contributed by atoms with van der Waals surface area (Å²) < 4.78 is 6.13. The zero-order valence-electron chi connectivity index (χ0n) is 14.4. The molecule has 0 aromatic carbocycles. The summed E-state index contributed by atoms with van der Waals surface area (Å²) in [7, 11) is 0. The molecule has 0 aliphatic heterocycles. The monoisotopic (exact) mass is 282 g/mol. The number of hydrogen-bond acceptors (Lipinski definition) is 2. The molecule has 1 rings (SSSR count). The molecule has 1 atom stereocenters. The third-order valence-electron chi connectivity index (χ3n) is 5.50. The fraction of sp³-hybridized carbons (Fsp3) is 0.944. The van der Waals surface area contributed by atoms with Crippen molar-refractivity contribution in [2.24, 2.45) is 17.3 Å². The molecule has 0 bridgehead atoms. The molecule has 1 fully saturated rings. The molecule has 20 heavy (non-hydrogen) atoms. The van der Waals surface area contributed by atoms with Crippen molar-refractivity contribution in [3.63, 3.8) is 0 Å². The largest absolute Gasteiger partial charge is 0.459 e. The Morgan fingerprint density at radius 1 is 1.10 bits per heavy atom. The van der Waals surface area contributed by atoms with Gasteiger partial charge in [-0.2, -0.15) is 0 Å². The molecule has 0 amide bonds. The fourth-order valence-corrected chi connectivity index (χ4v) is 3.33. The van der Waals surface area contributed by atoms with Crippen LogP contribution >= 0.6 is 0 Å². The zero-order chi connectivity index (χ0) is 15.4. The topological polar surface area (TPSA) is 26.3 Å². The molecular formula is C18H34O2. The Kier molecular flexibility index (Phi) is 6.09. The fourth-order valence-electron chi connectivity index (χ4n) is 3.33. The van der Waals surface area contributed by atoms with E-state index in [1.165, 1.54) is 32.1 Å². The second-order valence-corrected chi connectivity index (χ2v) is 7.62.